The van der Waals surface area contributed by atoms with E-state index in [1.165, 1.54) is 12.1 Å². The van der Waals surface area contributed by atoms with Crippen LogP contribution < -0.4 is 4.74 Å². The highest BCUT2D eigenvalue weighted by molar-refractivity contribution is 7.91. The van der Waals surface area contributed by atoms with Gasteiger partial charge in [-0.25, -0.2) is 12.8 Å². The molecule has 2 fully saturated rings. The molecule has 146 valence electrons. The van der Waals surface area contributed by atoms with Gasteiger partial charge < -0.3 is 4.74 Å². The van der Waals surface area contributed by atoms with E-state index in [0.717, 1.165) is 25.7 Å². The number of piperidine rings is 1. The maximum Gasteiger partial charge on any atom is 0.195 e. The van der Waals surface area contributed by atoms with E-state index < -0.39 is 9.84 Å². The summed E-state index contributed by atoms with van der Waals surface area (Å²) in [5, 5.41) is 6.79. The number of fused-ring (bicyclic) bond motifs is 2. The van der Waals surface area contributed by atoms with Crippen molar-refractivity contribution in [3.05, 3.63) is 41.5 Å². The van der Waals surface area contributed by atoms with E-state index in [9.17, 15) is 12.8 Å². The lowest BCUT2D eigenvalue weighted by molar-refractivity contribution is 0.0608. The molecule has 3 atom stereocenters. The Bertz CT molecular complexity index is 893. The van der Waals surface area contributed by atoms with Crippen LogP contribution in [0.3, 0.4) is 0 Å². The van der Waals surface area contributed by atoms with Crippen molar-refractivity contribution in [2.45, 2.75) is 62.6 Å². The quantitative estimate of drug-likeness (QED) is 0.845. The van der Waals surface area contributed by atoms with E-state index in [1.807, 2.05) is 0 Å². The minimum atomic E-state index is -3.44. The molecule has 1 N–H and O–H groups in total. The molecule has 2 aliphatic heterocycles. The molecule has 1 aromatic carbocycles. The van der Waals surface area contributed by atoms with Gasteiger partial charge in [0.05, 0.1) is 11.4 Å². The zero-order valence-electron chi connectivity index (χ0n) is 15.5. The summed E-state index contributed by atoms with van der Waals surface area (Å²) in [4.78, 5) is 2.44. The minimum Gasteiger partial charge on any atom is -0.490 e. The second kappa shape index (κ2) is 6.91. The SMILES string of the molecule is Cc1n[nH]c(C)c1S(=O)(=O)CN1[C@@H]2CC[C@H]1CC(Oc1ccc(F)cc1)C2. The molecule has 0 saturated carbocycles. The Balaban J connectivity index is 1.46. The standard InChI is InChI=1S/C19H24FN3O3S/c1-12-19(13(2)22-21-12)27(24,25)11-23-15-5-6-16(23)10-18(9-15)26-17-7-3-14(20)4-8-17/h3-4,7-8,15-16,18H,5-6,9-11H2,1-2H3,(H,21,22)/t15-,16+,18?. The van der Waals surface area contributed by atoms with Crippen molar-refractivity contribution in [3.8, 4) is 5.75 Å². The molecule has 1 unspecified atom stereocenters. The third-order valence-corrected chi connectivity index (χ3v) is 7.51. The van der Waals surface area contributed by atoms with E-state index in [0.29, 0.717) is 22.0 Å². The smallest absolute Gasteiger partial charge is 0.195 e. The number of hydrogen-bond acceptors (Lipinski definition) is 5. The molecule has 0 radical (unpaired) electrons. The number of H-pyrrole nitrogens is 1. The maximum absolute atomic E-state index is 13.1. The summed E-state index contributed by atoms with van der Waals surface area (Å²) in [6.07, 6.45) is 3.56. The van der Waals surface area contributed by atoms with E-state index >= 15 is 0 Å². The summed E-state index contributed by atoms with van der Waals surface area (Å²) in [5.74, 6) is 0.395. The summed E-state index contributed by atoms with van der Waals surface area (Å²) in [6, 6.07) is 6.44. The molecule has 2 saturated heterocycles. The number of benzene rings is 1. The van der Waals surface area contributed by atoms with Crippen molar-refractivity contribution < 1.29 is 17.5 Å². The van der Waals surface area contributed by atoms with Crippen LogP contribution in [0.15, 0.2) is 29.2 Å². The number of halogens is 1. The molecule has 2 aromatic rings. The maximum atomic E-state index is 13.1. The van der Waals surface area contributed by atoms with Gasteiger partial charge in [0.2, 0.25) is 0 Å². The van der Waals surface area contributed by atoms with Crippen molar-refractivity contribution in [1.29, 1.82) is 0 Å². The van der Waals surface area contributed by atoms with Gasteiger partial charge in [0, 0.05) is 12.1 Å². The van der Waals surface area contributed by atoms with Crippen LogP contribution in [0, 0.1) is 19.7 Å². The first-order chi connectivity index (χ1) is 12.8. The highest BCUT2D eigenvalue weighted by atomic mass is 32.2. The van der Waals surface area contributed by atoms with Crippen LogP contribution in [0.25, 0.3) is 0 Å². The van der Waals surface area contributed by atoms with Crippen molar-refractivity contribution in [1.82, 2.24) is 15.1 Å². The summed E-state index contributed by atoms with van der Waals surface area (Å²) in [5.41, 5.74) is 1.11. The lowest BCUT2D eigenvalue weighted by Gasteiger charge is -2.38. The van der Waals surface area contributed by atoms with E-state index in [1.54, 1.807) is 26.0 Å². The first-order valence-electron chi connectivity index (χ1n) is 9.26. The number of hydrogen-bond donors (Lipinski definition) is 1. The Labute approximate surface area is 158 Å². The molecule has 1 aromatic heterocycles. The number of nitrogens with zero attached hydrogens (tertiary/aromatic N) is 2. The van der Waals surface area contributed by atoms with E-state index in [-0.39, 0.29) is 29.9 Å². The van der Waals surface area contributed by atoms with Crippen LogP contribution in [0.2, 0.25) is 0 Å². The number of nitrogens with one attached hydrogen (secondary N) is 1. The molecule has 8 heteroatoms. The van der Waals surface area contributed by atoms with Gasteiger partial charge in [-0.1, -0.05) is 0 Å². The highest BCUT2D eigenvalue weighted by Gasteiger charge is 2.43. The lowest BCUT2D eigenvalue weighted by atomic mass is 10.0. The van der Waals surface area contributed by atoms with Crippen LogP contribution in [0.5, 0.6) is 5.75 Å². The fourth-order valence-corrected chi connectivity index (χ4v) is 6.45. The second-order valence-electron chi connectivity index (χ2n) is 7.57. The Morgan fingerprint density at radius 3 is 2.37 bits per heavy atom. The molecule has 6 nitrogen and oxygen atoms in total. The monoisotopic (exact) mass is 393 g/mol. The number of aryl methyl sites for hydroxylation is 2. The van der Waals surface area contributed by atoms with Crippen LogP contribution in [-0.4, -0.2) is 47.6 Å². The van der Waals surface area contributed by atoms with Gasteiger partial charge in [-0.2, -0.15) is 5.10 Å². The molecule has 27 heavy (non-hydrogen) atoms. The first kappa shape index (κ1) is 18.4. The third kappa shape index (κ3) is 3.60. The summed E-state index contributed by atoms with van der Waals surface area (Å²) >= 11 is 0. The highest BCUT2D eigenvalue weighted by Crippen LogP contribution is 2.38. The predicted molar refractivity (Wildman–Crippen MR) is 98.8 cm³/mol. The molecular formula is C19H24FN3O3S. The molecular weight excluding hydrogens is 369 g/mol. The molecule has 4 rings (SSSR count). The fraction of sp³-hybridized carbons (Fsp3) is 0.526. The normalized spacial score (nSPS) is 25.7. The average Bonchev–Trinajstić information content (AvgIpc) is 3.05. The number of aromatic nitrogens is 2. The summed E-state index contributed by atoms with van der Waals surface area (Å²) in [7, 11) is -3.44. The van der Waals surface area contributed by atoms with Crippen LogP contribution in [-0.2, 0) is 9.84 Å². The molecule has 3 heterocycles. The molecule has 0 amide bonds. The van der Waals surface area contributed by atoms with Gasteiger partial charge in [-0.05, 0) is 63.8 Å². The molecule has 0 spiro atoms. The van der Waals surface area contributed by atoms with Gasteiger partial charge in [-0.3, -0.25) is 10.00 Å². The van der Waals surface area contributed by atoms with Crippen LogP contribution >= 0.6 is 0 Å². The topological polar surface area (TPSA) is 75.3 Å². The number of rotatable bonds is 5. The predicted octanol–water partition coefficient (Wildman–Crippen LogP) is 2.97. The number of aromatic amines is 1. The van der Waals surface area contributed by atoms with E-state index in [2.05, 4.69) is 15.1 Å². The zero-order valence-corrected chi connectivity index (χ0v) is 16.3. The lowest BCUT2D eigenvalue weighted by Crippen LogP contribution is -2.48. The third-order valence-electron chi connectivity index (χ3n) is 5.65. The summed E-state index contributed by atoms with van der Waals surface area (Å²) in [6.45, 7) is 3.46. The second-order valence-corrected chi connectivity index (χ2v) is 9.47. The van der Waals surface area contributed by atoms with Crippen molar-refractivity contribution in [2.24, 2.45) is 0 Å². The Kier molecular flexibility index (Phi) is 4.71. The van der Waals surface area contributed by atoms with Gasteiger partial charge in [0.25, 0.3) is 0 Å². The van der Waals surface area contributed by atoms with E-state index in [4.69, 9.17) is 4.74 Å². The minimum absolute atomic E-state index is 0.0206. The van der Waals surface area contributed by atoms with Gasteiger partial charge in [0.15, 0.2) is 9.84 Å². The largest absolute Gasteiger partial charge is 0.490 e. The number of ether oxygens (including phenoxy) is 1. The zero-order chi connectivity index (χ0) is 19.2. The van der Waals surface area contributed by atoms with Crippen molar-refractivity contribution in [3.63, 3.8) is 0 Å². The van der Waals surface area contributed by atoms with Crippen LogP contribution in [0.4, 0.5) is 4.39 Å². The fourth-order valence-electron chi connectivity index (χ4n) is 4.50. The molecule has 2 bridgehead atoms. The van der Waals surface area contributed by atoms with Gasteiger partial charge >= 0.3 is 0 Å². The number of sulfone groups is 1. The van der Waals surface area contributed by atoms with Gasteiger partial charge in [0.1, 0.15) is 28.4 Å². The summed E-state index contributed by atoms with van der Waals surface area (Å²) < 4.78 is 45.0. The average molecular weight is 393 g/mol. The first-order valence-corrected chi connectivity index (χ1v) is 10.9. The Morgan fingerprint density at radius 1 is 1.19 bits per heavy atom. The van der Waals surface area contributed by atoms with Crippen molar-refractivity contribution >= 4 is 9.84 Å². The molecule has 0 aliphatic carbocycles. The Hall–Kier alpha value is -1.93. The van der Waals surface area contributed by atoms with Gasteiger partial charge in [-0.15, -0.1) is 0 Å². The van der Waals surface area contributed by atoms with Crippen LogP contribution in [0.1, 0.15) is 37.1 Å². The Morgan fingerprint density at radius 2 is 1.81 bits per heavy atom. The van der Waals surface area contributed by atoms with Crippen molar-refractivity contribution in [2.75, 3.05) is 5.88 Å². The molecule has 2 aliphatic rings.